The van der Waals surface area contributed by atoms with Gasteiger partial charge in [-0.25, -0.2) is 9.78 Å². The van der Waals surface area contributed by atoms with Crippen LogP contribution >= 0.6 is 11.3 Å². The SMILES string of the molecule is CC(C)(C)CCNC(=O)c1csc(C(=O)O)n1. The van der Waals surface area contributed by atoms with E-state index in [0.717, 1.165) is 17.8 Å². The first-order valence-electron chi connectivity index (χ1n) is 5.26. The highest BCUT2D eigenvalue weighted by atomic mass is 32.1. The number of carbonyl (C=O) groups excluding carboxylic acids is 1. The summed E-state index contributed by atoms with van der Waals surface area (Å²) < 4.78 is 0. The van der Waals surface area contributed by atoms with Crippen LogP contribution in [0.3, 0.4) is 0 Å². The number of amides is 1. The van der Waals surface area contributed by atoms with Gasteiger partial charge in [-0.15, -0.1) is 11.3 Å². The predicted octanol–water partition coefficient (Wildman–Crippen LogP) is 2.01. The Balaban J connectivity index is 2.50. The van der Waals surface area contributed by atoms with E-state index in [1.807, 2.05) is 0 Å². The minimum Gasteiger partial charge on any atom is -0.476 e. The number of carbonyl (C=O) groups is 2. The van der Waals surface area contributed by atoms with Crippen LogP contribution < -0.4 is 5.32 Å². The average molecular weight is 256 g/mol. The highest BCUT2D eigenvalue weighted by Crippen LogP contribution is 2.17. The molecule has 17 heavy (non-hydrogen) atoms. The number of hydrogen-bond donors (Lipinski definition) is 2. The number of carboxylic acids is 1. The Morgan fingerprint density at radius 2 is 2.12 bits per heavy atom. The van der Waals surface area contributed by atoms with E-state index in [9.17, 15) is 9.59 Å². The van der Waals surface area contributed by atoms with E-state index in [0.29, 0.717) is 6.54 Å². The Bertz CT molecular complexity index is 421. The van der Waals surface area contributed by atoms with Gasteiger partial charge >= 0.3 is 5.97 Å². The van der Waals surface area contributed by atoms with E-state index in [1.165, 1.54) is 5.38 Å². The number of carboxylic acid groups (broad SMARTS) is 1. The van der Waals surface area contributed by atoms with E-state index in [1.54, 1.807) is 0 Å². The van der Waals surface area contributed by atoms with Crippen molar-refractivity contribution >= 4 is 23.2 Å². The van der Waals surface area contributed by atoms with Gasteiger partial charge in [0.1, 0.15) is 5.69 Å². The zero-order valence-corrected chi connectivity index (χ0v) is 10.9. The lowest BCUT2D eigenvalue weighted by Gasteiger charge is -2.17. The molecular weight excluding hydrogens is 240 g/mol. The quantitative estimate of drug-likeness (QED) is 0.863. The summed E-state index contributed by atoms with van der Waals surface area (Å²) in [4.78, 5) is 25.9. The van der Waals surface area contributed by atoms with Crippen molar-refractivity contribution in [3.05, 3.63) is 16.1 Å². The zero-order valence-electron chi connectivity index (χ0n) is 10.1. The van der Waals surface area contributed by atoms with Crippen molar-refractivity contribution in [2.24, 2.45) is 5.41 Å². The second-order valence-electron chi connectivity index (χ2n) is 4.91. The molecule has 0 aliphatic heterocycles. The first-order chi connectivity index (χ1) is 7.79. The van der Waals surface area contributed by atoms with Crippen LogP contribution in [0.5, 0.6) is 0 Å². The topological polar surface area (TPSA) is 79.3 Å². The molecule has 0 bridgehead atoms. The first kappa shape index (κ1) is 13.6. The van der Waals surface area contributed by atoms with Gasteiger partial charge in [-0.2, -0.15) is 0 Å². The van der Waals surface area contributed by atoms with E-state index in [2.05, 4.69) is 31.1 Å². The number of nitrogens with zero attached hydrogens (tertiary/aromatic N) is 1. The molecule has 0 fully saturated rings. The summed E-state index contributed by atoms with van der Waals surface area (Å²) in [5.74, 6) is -1.43. The molecule has 0 saturated carbocycles. The van der Waals surface area contributed by atoms with Gasteiger partial charge in [0, 0.05) is 11.9 Å². The van der Waals surface area contributed by atoms with Crippen LogP contribution in [-0.4, -0.2) is 28.5 Å². The van der Waals surface area contributed by atoms with Crippen molar-refractivity contribution < 1.29 is 14.7 Å². The van der Waals surface area contributed by atoms with Crippen molar-refractivity contribution in [2.45, 2.75) is 27.2 Å². The van der Waals surface area contributed by atoms with E-state index in [4.69, 9.17) is 5.11 Å². The number of aromatic carboxylic acids is 1. The number of nitrogens with one attached hydrogen (secondary N) is 1. The Morgan fingerprint density at radius 3 is 2.59 bits per heavy atom. The lowest BCUT2D eigenvalue weighted by atomic mass is 9.92. The zero-order chi connectivity index (χ0) is 13.1. The van der Waals surface area contributed by atoms with Crippen molar-refractivity contribution in [3.63, 3.8) is 0 Å². The number of aromatic nitrogens is 1. The van der Waals surface area contributed by atoms with Gasteiger partial charge in [0.05, 0.1) is 0 Å². The van der Waals surface area contributed by atoms with Crippen LogP contribution in [0.1, 0.15) is 47.5 Å². The number of rotatable bonds is 4. The van der Waals surface area contributed by atoms with Gasteiger partial charge in [0.15, 0.2) is 0 Å². The number of thiazole rings is 1. The molecule has 1 heterocycles. The van der Waals surface area contributed by atoms with Gasteiger partial charge < -0.3 is 10.4 Å². The molecule has 0 spiro atoms. The Kier molecular flexibility index (Phi) is 4.22. The smallest absolute Gasteiger partial charge is 0.365 e. The third kappa shape index (κ3) is 4.52. The second kappa shape index (κ2) is 5.27. The summed E-state index contributed by atoms with van der Waals surface area (Å²) in [6, 6.07) is 0. The van der Waals surface area contributed by atoms with Gasteiger partial charge in [-0.1, -0.05) is 20.8 Å². The fourth-order valence-corrected chi connectivity index (χ4v) is 1.75. The second-order valence-corrected chi connectivity index (χ2v) is 5.77. The molecule has 0 atom stereocenters. The summed E-state index contributed by atoms with van der Waals surface area (Å²) in [7, 11) is 0. The predicted molar refractivity (Wildman–Crippen MR) is 65.5 cm³/mol. The molecule has 1 aromatic heterocycles. The summed E-state index contributed by atoms with van der Waals surface area (Å²) in [6.07, 6.45) is 0.856. The Hall–Kier alpha value is -1.43. The molecule has 1 amide bonds. The minimum atomic E-state index is -1.11. The normalized spacial score (nSPS) is 11.2. The van der Waals surface area contributed by atoms with Crippen molar-refractivity contribution in [1.29, 1.82) is 0 Å². The van der Waals surface area contributed by atoms with Crippen LogP contribution in [0.25, 0.3) is 0 Å². The van der Waals surface area contributed by atoms with Gasteiger partial charge in [-0.3, -0.25) is 4.79 Å². The molecule has 1 aromatic rings. The average Bonchev–Trinajstić information content (AvgIpc) is 2.63. The molecule has 5 nitrogen and oxygen atoms in total. The maximum Gasteiger partial charge on any atom is 0.365 e. The molecule has 0 aliphatic carbocycles. The van der Waals surface area contributed by atoms with Crippen LogP contribution in [-0.2, 0) is 0 Å². The first-order valence-corrected chi connectivity index (χ1v) is 6.14. The molecule has 0 aliphatic rings. The van der Waals surface area contributed by atoms with Crippen LogP contribution in [0.4, 0.5) is 0 Å². The van der Waals surface area contributed by atoms with E-state index in [-0.39, 0.29) is 22.0 Å². The van der Waals surface area contributed by atoms with Gasteiger partial charge in [0.2, 0.25) is 5.01 Å². The Morgan fingerprint density at radius 1 is 1.47 bits per heavy atom. The fourth-order valence-electron chi connectivity index (χ4n) is 1.12. The molecule has 6 heteroatoms. The van der Waals surface area contributed by atoms with Crippen molar-refractivity contribution in [1.82, 2.24) is 10.3 Å². The highest BCUT2D eigenvalue weighted by Gasteiger charge is 2.15. The third-order valence-electron chi connectivity index (χ3n) is 2.08. The summed E-state index contributed by atoms with van der Waals surface area (Å²) in [6.45, 7) is 6.82. The lowest BCUT2D eigenvalue weighted by Crippen LogP contribution is -2.27. The fraction of sp³-hybridized carbons (Fsp3) is 0.545. The highest BCUT2D eigenvalue weighted by molar-refractivity contribution is 7.11. The van der Waals surface area contributed by atoms with Crippen LogP contribution in [0, 0.1) is 5.41 Å². The largest absolute Gasteiger partial charge is 0.476 e. The standard InChI is InChI=1S/C11H16N2O3S/c1-11(2,3)4-5-12-8(14)7-6-17-9(13-7)10(15)16/h6H,4-5H2,1-3H3,(H,12,14)(H,15,16). The molecule has 1 rings (SSSR count). The maximum absolute atomic E-state index is 11.6. The van der Waals surface area contributed by atoms with Gasteiger partial charge in [-0.05, 0) is 11.8 Å². The Labute approximate surface area is 104 Å². The van der Waals surface area contributed by atoms with Gasteiger partial charge in [0.25, 0.3) is 5.91 Å². The van der Waals surface area contributed by atoms with Crippen LogP contribution in [0.15, 0.2) is 5.38 Å². The molecule has 0 radical (unpaired) electrons. The van der Waals surface area contributed by atoms with E-state index >= 15 is 0 Å². The maximum atomic E-state index is 11.6. The molecule has 2 N–H and O–H groups in total. The third-order valence-corrected chi connectivity index (χ3v) is 2.91. The molecule has 0 unspecified atom stereocenters. The lowest BCUT2D eigenvalue weighted by molar-refractivity contribution is 0.0696. The molecule has 94 valence electrons. The minimum absolute atomic E-state index is 0.0639. The summed E-state index contributed by atoms with van der Waals surface area (Å²) in [5.41, 5.74) is 0.322. The molecule has 0 saturated heterocycles. The molecule has 0 aromatic carbocycles. The summed E-state index contributed by atoms with van der Waals surface area (Å²) in [5, 5.41) is 12.8. The van der Waals surface area contributed by atoms with E-state index < -0.39 is 5.97 Å². The molecular formula is C11H16N2O3S. The van der Waals surface area contributed by atoms with Crippen molar-refractivity contribution in [3.8, 4) is 0 Å². The van der Waals surface area contributed by atoms with Crippen LogP contribution in [0.2, 0.25) is 0 Å². The number of hydrogen-bond acceptors (Lipinski definition) is 4. The van der Waals surface area contributed by atoms with Crippen molar-refractivity contribution in [2.75, 3.05) is 6.54 Å². The summed E-state index contributed by atoms with van der Waals surface area (Å²) >= 11 is 0.953. The monoisotopic (exact) mass is 256 g/mol.